The smallest absolute Gasteiger partial charge is 0.268 e. The summed E-state index contributed by atoms with van der Waals surface area (Å²) in [5, 5.41) is 0. The largest absolute Gasteiger partial charge is 0.273 e. The number of sulfone groups is 1. The van der Waals surface area contributed by atoms with Crippen molar-refractivity contribution in [3.63, 3.8) is 0 Å². The molecular formula is C7H14O5S2. The van der Waals surface area contributed by atoms with E-state index in [1.54, 1.807) is 0 Å². The molecule has 0 amide bonds. The first-order valence-corrected chi connectivity index (χ1v) is 7.67. The normalized spacial score (nSPS) is 21.6. The zero-order valence-corrected chi connectivity index (χ0v) is 9.82. The Bertz CT molecular complexity index is 401. The SMILES string of the molecule is COS(=O)(=O)CC1(S(C)(=O)=O)CCC1. The topological polar surface area (TPSA) is 77.5 Å². The Morgan fingerprint density at radius 3 is 1.93 bits per heavy atom. The van der Waals surface area contributed by atoms with Gasteiger partial charge in [-0.2, -0.15) is 8.42 Å². The van der Waals surface area contributed by atoms with Crippen LogP contribution in [-0.4, -0.2) is 40.7 Å². The van der Waals surface area contributed by atoms with Gasteiger partial charge in [0.2, 0.25) is 0 Å². The van der Waals surface area contributed by atoms with Crippen molar-refractivity contribution in [3.8, 4) is 0 Å². The molecule has 0 bridgehead atoms. The molecule has 0 spiro atoms. The predicted octanol–water partition coefficient (Wildman–Crippen LogP) is -0.0701. The number of rotatable bonds is 4. The zero-order valence-electron chi connectivity index (χ0n) is 8.19. The van der Waals surface area contributed by atoms with Crippen molar-refractivity contribution in [2.75, 3.05) is 19.1 Å². The Labute approximate surface area is 84.5 Å². The molecule has 1 aliphatic carbocycles. The molecule has 1 saturated carbocycles. The van der Waals surface area contributed by atoms with E-state index in [0.29, 0.717) is 12.8 Å². The van der Waals surface area contributed by atoms with Crippen LogP contribution >= 0.6 is 0 Å². The van der Waals surface area contributed by atoms with Crippen molar-refractivity contribution in [3.05, 3.63) is 0 Å². The van der Waals surface area contributed by atoms with Crippen LogP contribution in [0.25, 0.3) is 0 Å². The fourth-order valence-electron chi connectivity index (χ4n) is 1.57. The van der Waals surface area contributed by atoms with Gasteiger partial charge in [0.15, 0.2) is 9.84 Å². The van der Waals surface area contributed by atoms with E-state index in [2.05, 4.69) is 4.18 Å². The molecule has 0 aromatic rings. The third-order valence-corrected chi connectivity index (χ3v) is 6.47. The molecule has 1 aliphatic rings. The summed E-state index contributed by atoms with van der Waals surface area (Å²) >= 11 is 0. The van der Waals surface area contributed by atoms with E-state index in [0.717, 1.165) is 19.8 Å². The van der Waals surface area contributed by atoms with E-state index in [1.807, 2.05) is 0 Å². The molecule has 0 aromatic carbocycles. The summed E-state index contributed by atoms with van der Waals surface area (Å²) in [7, 11) is -5.98. The second-order valence-corrected chi connectivity index (χ2v) is 7.83. The van der Waals surface area contributed by atoms with Crippen molar-refractivity contribution in [1.29, 1.82) is 0 Å². The zero-order chi connectivity index (χ0) is 11.0. The molecule has 0 unspecified atom stereocenters. The molecule has 1 rings (SSSR count). The fourth-order valence-corrected chi connectivity index (χ4v) is 4.94. The van der Waals surface area contributed by atoms with Crippen molar-refractivity contribution in [2.24, 2.45) is 0 Å². The fraction of sp³-hybridized carbons (Fsp3) is 1.00. The monoisotopic (exact) mass is 242 g/mol. The molecule has 0 saturated heterocycles. The van der Waals surface area contributed by atoms with Crippen LogP contribution in [0, 0.1) is 0 Å². The third kappa shape index (κ3) is 2.09. The van der Waals surface area contributed by atoms with Gasteiger partial charge in [-0.1, -0.05) is 6.42 Å². The van der Waals surface area contributed by atoms with Gasteiger partial charge in [-0.15, -0.1) is 0 Å². The molecule has 0 heterocycles. The highest BCUT2D eigenvalue weighted by Crippen LogP contribution is 2.40. The van der Waals surface area contributed by atoms with Gasteiger partial charge < -0.3 is 0 Å². The van der Waals surface area contributed by atoms with Gasteiger partial charge in [0.05, 0.1) is 17.6 Å². The van der Waals surface area contributed by atoms with E-state index in [-0.39, 0.29) is 0 Å². The van der Waals surface area contributed by atoms with Crippen LogP contribution in [0.15, 0.2) is 0 Å². The van der Waals surface area contributed by atoms with Crippen LogP contribution in [0.3, 0.4) is 0 Å². The van der Waals surface area contributed by atoms with Gasteiger partial charge >= 0.3 is 0 Å². The van der Waals surface area contributed by atoms with E-state index in [9.17, 15) is 16.8 Å². The summed E-state index contributed by atoms with van der Waals surface area (Å²) < 4.78 is 48.3. The Kier molecular flexibility index (Phi) is 2.95. The lowest BCUT2D eigenvalue weighted by Gasteiger charge is -2.38. The molecule has 0 aliphatic heterocycles. The van der Waals surface area contributed by atoms with Crippen molar-refractivity contribution < 1.29 is 21.0 Å². The molecule has 0 atom stereocenters. The first-order chi connectivity index (χ1) is 6.22. The molecule has 5 nitrogen and oxygen atoms in total. The molecule has 0 aromatic heterocycles. The van der Waals surface area contributed by atoms with Crippen LogP contribution in [0.4, 0.5) is 0 Å². The maximum Gasteiger partial charge on any atom is 0.268 e. The van der Waals surface area contributed by atoms with Gasteiger partial charge in [0.1, 0.15) is 0 Å². The van der Waals surface area contributed by atoms with E-state index in [1.165, 1.54) is 0 Å². The first kappa shape index (κ1) is 11.9. The van der Waals surface area contributed by atoms with Crippen LogP contribution in [0.5, 0.6) is 0 Å². The second-order valence-electron chi connectivity index (χ2n) is 3.68. The summed E-state index contributed by atoms with van der Waals surface area (Å²) in [4.78, 5) is 0. The molecular weight excluding hydrogens is 228 g/mol. The van der Waals surface area contributed by atoms with Gasteiger partial charge in [0.25, 0.3) is 10.1 Å². The predicted molar refractivity (Wildman–Crippen MR) is 52.2 cm³/mol. The summed E-state index contributed by atoms with van der Waals surface area (Å²) in [6, 6.07) is 0. The lowest BCUT2D eigenvalue weighted by Crippen LogP contribution is -2.50. The van der Waals surface area contributed by atoms with Crippen LogP contribution in [-0.2, 0) is 24.1 Å². The Balaban J connectivity index is 2.95. The minimum atomic E-state index is -3.70. The van der Waals surface area contributed by atoms with Crippen LogP contribution < -0.4 is 0 Å². The first-order valence-electron chi connectivity index (χ1n) is 4.20. The average Bonchev–Trinajstić information content (AvgIpc) is 1.95. The summed E-state index contributed by atoms with van der Waals surface area (Å²) in [5.41, 5.74) is 0. The minimum Gasteiger partial charge on any atom is -0.273 e. The van der Waals surface area contributed by atoms with Crippen molar-refractivity contribution in [1.82, 2.24) is 0 Å². The Morgan fingerprint density at radius 2 is 1.71 bits per heavy atom. The number of hydrogen-bond donors (Lipinski definition) is 0. The standard InChI is InChI=1S/C7H14O5S2/c1-12-14(10,11)6-7(4-3-5-7)13(2,8)9/h3-6H2,1-2H3. The molecule has 0 N–H and O–H groups in total. The van der Waals surface area contributed by atoms with Gasteiger partial charge in [-0.3, -0.25) is 4.18 Å². The van der Waals surface area contributed by atoms with E-state index in [4.69, 9.17) is 0 Å². The highest BCUT2D eigenvalue weighted by atomic mass is 32.2. The maximum absolute atomic E-state index is 11.4. The molecule has 7 heteroatoms. The van der Waals surface area contributed by atoms with Gasteiger partial charge in [-0.25, -0.2) is 8.42 Å². The van der Waals surface area contributed by atoms with Crippen molar-refractivity contribution in [2.45, 2.75) is 24.0 Å². The molecule has 1 fully saturated rings. The Morgan fingerprint density at radius 1 is 1.21 bits per heavy atom. The Hall–Kier alpha value is -0.140. The summed E-state index contributed by atoms with van der Waals surface area (Å²) in [6.45, 7) is 0. The lowest BCUT2D eigenvalue weighted by molar-refractivity contribution is 0.341. The van der Waals surface area contributed by atoms with Crippen molar-refractivity contribution >= 4 is 20.0 Å². The molecule has 14 heavy (non-hydrogen) atoms. The quantitative estimate of drug-likeness (QED) is 0.645. The van der Waals surface area contributed by atoms with Gasteiger partial charge in [-0.05, 0) is 12.8 Å². The molecule has 84 valence electrons. The second kappa shape index (κ2) is 3.46. The van der Waals surface area contributed by atoms with Crippen LogP contribution in [0.1, 0.15) is 19.3 Å². The highest BCUT2D eigenvalue weighted by molar-refractivity contribution is 7.94. The summed E-state index contributed by atoms with van der Waals surface area (Å²) in [5.74, 6) is -0.421. The van der Waals surface area contributed by atoms with Gasteiger partial charge in [0, 0.05) is 6.26 Å². The minimum absolute atomic E-state index is 0.411. The maximum atomic E-state index is 11.4. The molecule has 0 radical (unpaired) electrons. The lowest BCUT2D eigenvalue weighted by atomic mass is 9.86. The summed E-state index contributed by atoms with van der Waals surface area (Å²) in [6.07, 6.45) is 2.66. The highest BCUT2D eigenvalue weighted by Gasteiger charge is 2.49. The number of hydrogen-bond acceptors (Lipinski definition) is 5. The van der Waals surface area contributed by atoms with E-state index < -0.39 is 30.5 Å². The van der Waals surface area contributed by atoms with E-state index >= 15 is 0 Å². The van der Waals surface area contributed by atoms with Crippen LogP contribution in [0.2, 0.25) is 0 Å². The third-order valence-electron chi connectivity index (χ3n) is 2.75. The average molecular weight is 242 g/mol.